The van der Waals surface area contributed by atoms with E-state index in [2.05, 4.69) is 10.6 Å². The SMILES string of the molecule is CC(C)NC(=O)CNC(=O)C(C)(C)Oc1ccccc1Oc1ccc([N+](=O)[O-])cc1. The van der Waals surface area contributed by atoms with Gasteiger partial charge < -0.3 is 20.1 Å². The van der Waals surface area contributed by atoms with E-state index in [0.717, 1.165) is 0 Å². The summed E-state index contributed by atoms with van der Waals surface area (Å²) in [4.78, 5) is 34.5. The molecule has 0 saturated carbocycles. The molecule has 2 rings (SSSR count). The Bertz CT molecular complexity index is 909. The molecule has 2 aromatic rings. The van der Waals surface area contributed by atoms with Gasteiger partial charge in [0.2, 0.25) is 5.91 Å². The van der Waals surface area contributed by atoms with E-state index in [-0.39, 0.29) is 24.2 Å². The molecule has 0 aromatic heterocycles. The fraction of sp³-hybridized carbons (Fsp3) is 0.333. The molecule has 0 bridgehead atoms. The molecule has 0 aliphatic carbocycles. The van der Waals surface area contributed by atoms with Crippen LogP contribution in [0.25, 0.3) is 0 Å². The first-order chi connectivity index (χ1) is 14.1. The van der Waals surface area contributed by atoms with Crippen LogP contribution in [-0.2, 0) is 9.59 Å². The number of ether oxygens (including phenoxy) is 2. The Hall–Kier alpha value is -3.62. The van der Waals surface area contributed by atoms with Crippen molar-refractivity contribution >= 4 is 17.5 Å². The minimum absolute atomic E-state index is 0.0258. The average Bonchev–Trinajstić information content (AvgIpc) is 2.67. The number of hydrogen-bond acceptors (Lipinski definition) is 6. The van der Waals surface area contributed by atoms with Crippen molar-refractivity contribution in [3.05, 3.63) is 58.6 Å². The Balaban J connectivity index is 2.07. The highest BCUT2D eigenvalue weighted by Gasteiger charge is 2.31. The summed E-state index contributed by atoms with van der Waals surface area (Å²) in [5.74, 6) is 0.263. The van der Waals surface area contributed by atoms with Gasteiger partial charge in [-0.1, -0.05) is 12.1 Å². The second-order valence-electron chi connectivity index (χ2n) is 7.32. The van der Waals surface area contributed by atoms with E-state index < -0.39 is 16.4 Å². The van der Waals surface area contributed by atoms with E-state index in [1.165, 1.54) is 24.3 Å². The number of nitro benzene ring substituents is 1. The first kappa shape index (κ1) is 22.7. The van der Waals surface area contributed by atoms with E-state index in [0.29, 0.717) is 17.2 Å². The van der Waals surface area contributed by atoms with Crippen LogP contribution in [0.1, 0.15) is 27.7 Å². The van der Waals surface area contributed by atoms with E-state index in [1.807, 2.05) is 13.8 Å². The fourth-order valence-corrected chi connectivity index (χ4v) is 2.45. The summed E-state index contributed by atoms with van der Waals surface area (Å²) in [6, 6.07) is 12.3. The standard InChI is InChI=1S/C21H25N3O6/c1-14(2)23-19(25)13-22-20(26)21(3,4)30-18-8-6-5-7-17(18)29-16-11-9-15(10-12-16)24(27)28/h5-12,14H,13H2,1-4H3,(H,22,26)(H,23,25). The molecule has 2 amide bonds. The van der Waals surface area contributed by atoms with Gasteiger partial charge in [-0.25, -0.2) is 0 Å². The number of nitrogens with one attached hydrogen (secondary N) is 2. The second kappa shape index (κ2) is 9.73. The number of benzene rings is 2. The van der Waals surface area contributed by atoms with Gasteiger partial charge in [0.15, 0.2) is 17.1 Å². The number of carbonyl (C=O) groups excluding carboxylic acids is 2. The molecule has 0 unspecified atom stereocenters. The summed E-state index contributed by atoms with van der Waals surface area (Å²) in [6.45, 7) is 6.64. The minimum atomic E-state index is -1.28. The molecule has 160 valence electrons. The van der Waals surface area contributed by atoms with Gasteiger partial charge in [0.25, 0.3) is 11.6 Å². The zero-order valence-corrected chi connectivity index (χ0v) is 17.3. The molecular weight excluding hydrogens is 390 g/mol. The van der Waals surface area contributed by atoms with Gasteiger partial charge in [0.1, 0.15) is 5.75 Å². The van der Waals surface area contributed by atoms with Crippen LogP contribution in [0.5, 0.6) is 17.2 Å². The van der Waals surface area contributed by atoms with Crippen LogP contribution in [-0.4, -0.2) is 34.9 Å². The quantitative estimate of drug-likeness (QED) is 0.479. The topological polar surface area (TPSA) is 120 Å². The van der Waals surface area contributed by atoms with Crippen molar-refractivity contribution in [3.63, 3.8) is 0 Å². The predicted molar refractivity (Wildman–Crippen MR) is 111 cm³/mol. The molecule has 2 aromatic carbocycles. The van der Waals surface area contributed by atoms with Crippen molar-refractivity contribution < 1.29 is 24.0 Å². The summed E-state index contributed by atoms with van der Waals surface area (Å²) in [7, 11) is 0. The maximum Gasteiger partial charge on any atom is 0.269 e. The summed E-state index contributed by atoms with van der Waals surface area (Å²) in [6.07, 6.45) is 0. The number of para-hydroxylation sites is 2. The highest BCUT2D eigenvalue weighted by Crippen LogP contribution is 2.34. The largest absolute Gasteiger partial charge is 0.474 e. The maximum absolute atomic E-state index is 12.5. The van der Waals surface area contributed by atoms with Gasteiger partial charge in [0.05, 0.1) is 11.5 Å². The van der Waals surface area contributed by atoms with Crippen LogP contribution in [0.4, 0.5) is 5.69 Å². The van der Waals surface area contributed by atoms with Crippen LogP contribution in [0.15, 0.2) is 48.5 Å². The van der Waals surface area contributed by atoms with Gasteiger partial charge in [-0.15, -0.1) is 0 Å². The summed E-state index contributed by atoms with van der Waals surface area (Å²) in [5.41, 5.74) is -1.33. The van der Waals surface area contributed by atoms with Crippen LogP contribution >= 0.6 is 0 Å². The molecule has 0 heterocycles. The molecule has 0 spiro atoms. The highest BCUT2D eigenvalue weighted by atomic mass is 16.6. The van der Waals surface area contributed by atoms with E-state index in [1.54, 1.807) is 38.1 Å². The Morgan fingerprint density at radius 1 is 1.07 bits per heavy atom. The van der Waals surface area contributed by atoms with Crippen molar-refractivity contribution in [2.75, 3.05) is 6.54 Å². The van der Waals surface area contributed by atoms with Gasteiger partial charge in [-0.2, -0.15) is 0 Å². The van der Waals surface area contributed by atoms with Crippen molar-refractivity contribution in [1.82, 2.24) is 10.6 Å². The number of amides is 2. The van der Waals surface area contributed by atoms with E-state index in [4.69, 9.17) is 9.47 Å². The highest BCUT2D eigenvalue weighted by molar-refractivity contribution is 5.89. The van der Waals surface area contributed by atoms with Crippen LogP contribution in [0.3, 0.4) is 0 Å². The fourth-order valence-electron chi connectivity index (χ4n) is 2.45. The molecule has 0 saturated heterocycles. The molecule has 9 heteroatoms. The predicted octanol–water partition coefficient (Wildman–Crippen LogP) is 3.19. The van der Waals surface area contributed by atoms with Gasteiger partial charge in [0, 0.05) is 18.2 Å². The Labute approximate surface area is 174 Å². The van der Waals surface area contributed by atoms with Crippen molar-refractivity contribution in [2.45, 2.75) is 39.3 Å². The zero-order valence-electron chi connectivity index (χ0n) is 17.3. The number of non-ortho nitro benzene ring substituents is 1. The number of hydrogen-bond donors (Lipinski definition) is 2. The number of carbonyl (C=O) groups is 2. The Kier molecular flexibility index (Phi) is 7.35. The lowest BCUT2D eigenvalue weighted by Crippen LogP contribution is -2.49. The second-order valence-corrected chi connectivity index (χ2v) is 7.32. The molecule has 0 aliphatic heterocycles. The summed E-state index contributed by atoms with van der Waals surface area (Å²) >= 11 is 0. The summed E-state index contributed by atoms with van der Waals surface area (Å²) < 4.78 is 11.6. The number of nitro groups is 1. The zero-order chi connectivity index (χ0) is 22.3. The summed E-state index contributed by atoms with van der Waals surface area (Å²) in [5, 5.41) is 16.0. The molecule has 0 fully saturated rings. The Morgan fingerprint density at radius 2 is 1.67 bits per heavy atom. The Morgan fingerprint density at radius 3 is 2.23 bits per heavy atom. The molecule has 0 aliphatic rings. The molecule has 30 heavy (non-hydrogen) atoms. The normalized spacial score (nSPS) is 11.0. The lowest BCUT2D eigenvalue weighted by Gasteiger charge is -2.26. The molecule has 9 nitrogen and oxygen atoms in total. The lowest BCUT2D eigenvalue weighted by atomic mass is 10.1. The molecule has 0 atom stereocenters. The van der Waals surface area contributed by atoms with Gasteiger partial charge in [-0.3, -0.25) is 19.7 Å². The third-order valence-electron chi connectivity index (χ3n) is 3.90. The van der Waals surface area contributed by atoms with E-state index in [9.17, 15) is 19.7 Å². The third-order valence-corrected chi connectivity index (χ3v) is 3.90. The monoisotopic (exact) mass is 415 g/mol. The first-order valence-electron chi connectivity index (χ1n) is 9.36. The number of rotatable bonds is 9. The average molecular weight is 415 g/mol. The van der Waals surface area contributed by atoms with Crippen molar-refractivity contribution in [2.24, 2.45) is 0 Å². The van der Waals surface area contributed by atoms with E-state index >= 15 is 0 Å². The molecule has 2 N–H and O–H groups in total. The molecule has 0 radical (unpaired) electrons. The van der Waals surface area contributed by atoms with Gasteiger partial charge >= 0.3 is 0 Å². The van der Waals surface area contributed by atoms with Crippen molar-refractivity contribution in [3.8, 4) is 17.2 Å². The lowest BCUT2D eigenvalue weighted by molar-refractivity contribution is -0.384. The number of nitrogens with zero attached hydrogens (tertiary/aromatic N) is 1. The molecular formula is C21H25N3O6. The minimum Gasteiger partial charge on any atom is -0.474 e. The first-order valence-corrected chi connectivity index (χ1v) is 9.36. The van der Waals surface area contributed by atoms with Crippen molar-refractivity contribution in [1.29, 1.82) is 0 Å². The third kappa shape index (κ3) is 6.47. The van der Waals surface area contributed by atoms with Crippen LogP contribution < -0.4 is 20.1 Å². The smallest absolute Gasteiger partial charge is 0.269 e. The van der Waals surface area contributed by atoms with Crippen LogP contribution in [0, 0.1) is 10.1 Å². The van der Waals surface area contributed by atoms with Gasteiger partial charge in [-0.05, 0) is 52.0 Å². The maximum atomic E-state index is 12.5. The van der Waals surface area contributed by atoms with Crippen LogP contribution in [0.2, 0.25) is 0 Å².